The van der Waals surface area contributed by atoms with Crippen LogP contribution in [-0.4, -0.2) is 9.19 Å². The highest BCUT2D eigenvalue weighted by molar-refractivity contribution is 8.30. The summed E-state index contributed by atoms with van der Waals surface area (Å²) in [4.78, 5) is 4.68. The second-order valence-electron chi connectivity index (χ2n) is 3.94. The predicted molar refractivity (Wildman–Crippen MR) is 85.5 cm³/mol. The molecule has 1 aromatic heterocycles. The monoisotopic (exact) mass is 341 g/mol. The van der Waals surface area contributed by atoms with E-state index in [9.17, 15) is 4.21 Å². The Bertz CT molecular complexity index is 824. The molecule has 0 spiro atoms. The molecule has 0 saturated carbocycles. The highest BCUT2D eigenvalue weighted by atomic mass is 35.5. The third-order valence-electron chi connectivity index (χ3n) is 2.56. The molecule has 7 heteroatoms. The highest BCUT2D eigenvalue weighted by Crippen LogP contribution is 2.29. The lowest BCUT2D eigenvalue weighted by Crippen LogP contribution is -2.07. The number of hydrogen-bond donors (Lipinski definition) is 0. The first-order valence-electron chi connectivity index (χ1n) is 5.60. The van der Waals surface area contributed by atoms with Gasteiger partial charge in [-0.05, 0) is 36.4 Å². The molecule has 1 heterocycles. The van der Waals surface area contributed by atoms with E-state index in [-0.39, 0.29) is 0 Å². The fourth-order valence-electron chi connectivity index (χ4n) is 1.63. The normalized spacial score (nSPS) is 14.1. The lowest BCUT2D eigenvalue weighted by atomic mass is 10.3. The third kappa shape index (κ3) is 2.78. The van der Waals surface area contributed by atoms with Crippen molar-refractivity contribution >= 4 is 53.1 Å². The molecule has 3 rings (SSSR count). The Labute approximate surface area is 130 Å². The summed E-state index contributed by atoms with van der Waals surface area (Å²) in [7, 11) is -3.06. The van der Waals surface area contributed by atoms with E-state index in [4.69, 9.17) is 27.0 Å². The summed E-state index contributed by atoms with van der Waals surface area (Å²) in [5.74, 6) is 0. The van der Waals surface area contributed by atoms with E-state index in [0.717, 1.165) is 10.2 Å². The molecule has 0 bridgehead atoms. The Kier molecular flexibility index (Phi) is 3.64. The van der Waals surface area contributed by atoms with Gasteiger partial charge in [0.15, 0.2) is 0 Å². The number of benzene rings is 2. The van der Waals surface area contributed by atoms with Crippen molar-refractivity contribution < 1.29 is 8.39 Å². The summed E-state index contributed by atoms with van der Waals surface area (Å²) in [5.41, 5.74) is 0.800. The first-order chi connectivity index (χ1) is 9.54. The van der Waals surface area contributed by atoms with E-state index in [1.165, 1.54) is 11.3 Å². The largest absolute Gasteiger partial charge is 0.366 e. The summed E-state index contributed by atoms with van der Waals surface area (Å²) in [5, 5.41) is 0.861. The molecule has 1 unspecified atom stereocenters. The van der Waals surface area contributed by atoms with Gasteiger partial charge in [-0.2, -0.15) is 0 Å². The van der Waals surface area contributed by atoms with Gasteiger partial charge >= 0.3 is 0 Å². The average molecular weight is 342 g/mol. The van der Waals surface area contributed by atoms with Crippen LogP contribution in [0.4, 0.5) is 0 Å². The smallest absolute Gasteiger partial charge is 0.290 e. The minimum Gasteiger partial charge on any atom is -0.366 e. The van der Waals surface area contributed by atoms with E-state index in [2.05, 4.69) is 4.98 Å². The van der Waals surface area contributed by atoms with E-state index in [0.29, 0.717) is 15.1 Å². The zero-order valence-electron chi connectivity index (χ0n) is 9.99. The van der Waals surface area contributed by atoms with Gasteiger partial charge in [0, 0.05) is 16.2 Å². The van der Waals surface area contributed by atoms with Crippen molar-refractivity contribution in [3.8, 4) is 5.19 Å². The number of halogens is 1. The first kappa shape index (κ1) is 13.8. The topological polar surface area (TPSA) is 39.2 Å². The quantitative estimate of drug-likeness (QED) is 0.720. The van der Waals surface area contributed by atoms with Gasteiger partial charge in [0.05, 0.1) is 15.1 Å². The third-order valence-corrected chi connectivity index (χ3v) is 5.84. The van der Waals surface area contributed by atoms with E-state index in [1.54, 1.807) is 24.3 Å². The molecular weight excluding hydrogens is 334 g/mol. The van der Waals surface area contributed by atoms with Crippen LogP contribution in [0.1, 0.15) is 0 Å². The van der Waals surface area contributed by atoms with Gasteiger partial charge < -0.3 is 4.18 Å². The van der Waals surface area contributed by atoms with Crippen LogP contribution in [0.25, 0.3) is 10.2 Å². The molecule has 0 aliphatic carbocycles. The van der Waals surface area contributed by atoms with Crippen LogP contribution in [0.3, 0.4) is 0 Å². The zero-order chi connectivity index (χ0) is 14.2. The SMILES string of the molecule is O=S(=S)(Oc1nc2ccccc2s1)c1ccc(Cl)cc1. The van der Waals surface area contributed by atoms with Crippen LogP contribution in [0.2, 0.25) is 5.02 Å². The maximum atomic E-state index is 12.5. The number of fused-ring (bicyclic) bond motifs is 1. The van der Waals surface area contributed by atoms with Gasteiger partial charge in [-0.15, -0.1) is 0 Å². The van der Waals surface area contributed by atoms with Gasteiger partial charge in [-0.25, -0.2) is 9.19 Å². The Balaban J connectivity index is 1.94. The molecular formula is C13H8ClNO2S3. The molecule has 3 nitrogen and oxygen atoms in total. The van der Waals surface area contributed by atoms with Crippen molar-refractivity contribution in [3.05, 3.63) is 53.6 Å². The van der Waals surface area contributed by atoms with Crippen LogP contribution in [0.5, 0.6) is 5.19 Å². The molecule has 0 aliphatic heterocycles. The zero-order valence-corrected chi connectivity index (χ0v) is 13.2. The summed E-state index contributed by atoms with van der Waals surface area (Å²) in [6, 6.07) is 14.1. The summed E-state index contributed by atoms with van der Waals surface area (Å²) in [6.07, 6.45) is 0. The number of thiazole rings is 1. The van der Waals surface area contributed by atoms with Crippen LogP contribution in [-0.2, 0) is 20.0 Å². The molecule has 0 aliphatic rings. The predicted octanol–water partition coefficient (Wildman–Crippen LogP) is 4.05. The van der Waals surface area contributed by atoms with Gasteiger partial charge in [0.25, 0.3) is 5.19 Å². The number of nitrogens with zero attached hydrogens (tertiary/aromatic N) is 1. The van der Waals surface area contributed by atoms with Crippen LogP contribution < -0.4 is 4.18 Å². The van der Waals surface area contributed by atoms with Gasteiger partial charge in [-0.3, -0.25) is 0 Å². The van der Waals surface area contributed by atoms with Crippen molar-refractivity contribution in [1.82, 2.24) is 4.98 Å². The molecule has 102 valence electrons. The highest BCUT2D eigenvalue weighted by Gasteiger charge is 2.15. The van der Waals surface area contributed by atoms with Crippen LogP contribution in [0, 0.1) is 0 Å². The fraction of sp³-hybridized carbons (Fsp3) is 0. The Morgan fingerprint density at radius 2 is 1.85 bits per heavy atom. The van der Waals surface area contributed by atoms with E-state index >= 15 is 0 Å². The Morgan fingerprint density at radius 1 is 1.15 bits per heavy atom. The molecule has 1 atom stereocenters. The lowest BCUT2D eigenvalue weighted by molar-refractivity contribution is 0.557. The maximum absolute atomic E-state index is 12.5. The van der Waals surface area contributed by atoms with Gasteiger partial charge in [0.2, 0.25) is 8.77 Å². The van der Waals surface area contributed by atoms with Crippen molar-refractivity contribution in [3.63, 3.8) is 0 Å². The van der Waals surface area contributed by atoms with E-state index < -0.39 is 8.77 Å². The molecule has 20 heavy (non-hydrogen) atoms. The standard InChI is InChI=1S/C13H8ClNO2S3/c14-9-5-7-10(8-6-9)20(16,18)17-13-15-11-3-1-2-4-12(11)19-13/h1-8H. The minimum absolute atomic E-state index is 0.307. The second kappa shape index (κ2) is 5.29. The van der Waals surface area contributed by atoms with Gasteiger partial charge in [-0.1, -0.05) is 35.1 Å². The van der Waals surface area contributed by atoms with Crippen molar-refractivity contribution in [2.45, 2.75) is 4.90 Å². The summed E-state index contributed by atoms with van der Waals surface area (Å²) in [6.45, 7) is 0. The number of hydrogen-bond acceptors (Lipinski definition) is 5. The van der Waals surface area contributed by atoms with Crippen molar-refractivity contribution in [1.29, 1.82) is 0 Å². The lowest BCUT2D eigenvalue weighted by Gasteiger charge is -2.06. The molecule has 0 N–H and O–H groups in total. The molecule has 0 fully saturated rings. The number of aromatic nitrogens is 1. The van der Waals surface area contributed by atoms with E-state index in [1.807, 2.05) is 24.3 Å². The number of para-hydroxylation sites is 1. The summed E-state index contributed by atoms with van der Waals surface area (Å²) >= 11 is 12.2. The second-order valence-corrected chi connectivity index (χ2v) is 8.23. The van der Waals surface area contributed by atoms with Crippen molar-refractivity contribution in [2.75, 3.05) is 0 Å². The molecule has 0 radical (unpaired) electrons. The molecule has 0 saturated heterocycles. The molecule has 3 aromatic rings. The van der Waals surface area contributed by atoms with Crippen molar-refractivity contribution in [2.24, 2.45) is 0 Å². The average Bonchev–Trinajstić information content (AvgIpc) is 2.80. The first-order valence-corrected chi connectivity index (χ1v) is 9.20. The number of rotatable bonds is 3. The Morgan fingerprint density at radius 3 is 2.55 bits per heavy atom. The maximum Gasteiger partial charge on any atom is 0.290 e. The van der Waals surface area contributed by atoms with Crippen LogP contribution in [0.15, 0.2) is 53.4 Å². The van der Waals surface area contributed by atoms with Gasteiger partial charge in [0.1, 0.15) is 0 Å². The fourth-order valence-corrected chi connectivity index (χ4v) is 4.32. The summed E-state index contributed by atoms with van der Waals surface area (Å²) < 4.78 is 18.8. The Hall–Kier alpha value is -1.21. The molecule has 0 amide bonds. The molecule has 2 aromatic carbocycles. The van der Waals surface area contributed by atoms with Crippen LogP contribution >= 0.6 is 22.9 Å². The minimum atomic E-state index is -3.06.